The van der Waals surface area contributed by atoms with Gasteiger partial charge in [-0.05, 0) is 24.3 Å². The Hall–Kier alpha value is -2.62. The molecule has 0 aliphatic carbocycles. The van der Waals surface area contributed by atoms with Crippen molar-refractivity contribution in [3.05, 3.63) is 52.9 Å². The summed E-state index contributed by atoms with van der Waals surface area (Å²) in [7, 11) is 0. The number of fused-ring (bicyclic) bond motifs is 3. The molecule has 86 valence electrons. The van der Waals surface area contributed by atoms with Gasteiger partial charge >= 0.3 is 5.69 Å². The second-order valence-electron chi connectivity index (χ2n) is 4.35. The molecule has 0 bridgehead atoms. The van der Waals surface area contributed by atoms with Crippen molar-refractivity contribution >= 4 is 32.8 Å². The first kappa shape index (κ1) is 9.41. The van der Waals surface area contributed by atoms with E-state index in [1.807, 2.05) is 36.4 Å². The SMILES string of the molecule is O=c1[nH]c2cc3cc4ccccc4nc3cc2[nH]1. The maximum atomic E-state index is 11.3. The number of para-hydroxylation sites is 1. The predicted molar refractivity (Wildman–Crippen MR) is 71.7 cm³/mol. The molecule has 2 aromatic carbocycles. The van der Waals surface area contributed by atoms with Crippen LogP contribution in [-0.4, -0.2) is 15.0 Å². The van der Waals surface area contributed by atoms with Crippen molar-refractivity contribution in [2.24, 2.45) is 0 Å². The number of imidazole rings is 1. The van der Waals surface area contributed by atoms with Crippen molar-refractivity contribution < 1.29 is 0 Å². The quantitative estimate of drug-likeness (QED) is 0.460. The maximum absolute atomic E-state index is 11.3. The topological polar surface area (TPSA) is 61.5 Å². The Kier molecular flexibility index (Phi) is 1.67. The van der Waals surface area contributed by atoms with Crippen molar-refractivity contribution in [1.82, 2.24) is 15.0 Å². The van der Waals surface area contributed by atoms with E-state index in [-0.39, 0.29) is 5.69 Å². The van der Waals surface area contributed by atoms with Gasteiger partial charge in [-0.3, -0.25) is 0 Å². The summed E-state index contributed by atoms with van der Waals surface area (Å²) in [6.45, 7) is 0. The first-order valence-electron chi connectivity index (χ1n) is 5.71. The fraction of sp³-hybridized carbons (Fsp3) is 0. The molecule has 2 N–H and O–H groups in total. The summed E-state index contributed by atoms with van der Waals surface area (Å²) in [6.07, 6.45) is 0. The van der Waals surface area contributed by atoms with Gasteiger partial charge in [-0.15, -0.1) is 0 Å². The fourth-order valence-electron chi connectivity index (χ4n) is 2.31. The van der Waals surface area contributed by atoms with Crippen LogP contribution in [0.4, 0.5) is 0 Å². The normalized spacial score (nSPS) is 11.6. The molecule has 4 rings (SSSR count). The molecule has 2 heterocycles. The Balaban J connectivity index is 2.22. The lowest BCUT2D eigenvalue weighted by molar-refractivity contribution is 1.22. The van der Waals surface area contributed by atoms with Crippen LogP contribution in [0.1, 0.15) is 0 Å². The zero-order chi connectivity index (χ0) is 12.1. The first-order chi connectivity index (χ1) is 8.79. The smallest absolute Gasteiger partial charge is 0.306 e. The summed E-state index contributed by atoms with van der Waals surface area (Å²) in [5.41, 5.74) is 3.25. The van der Waals surface area contributed by atoms with Crippen molar-refractivity contribution in [3.63, 3.8) is 0 Å². The lowest BCUT2D eigenvalue weighted by Crippen LogP contribution is -1.99. The summed E-state index contributed by atoms with van der Waals surface area (Å²) < 4.78 is 0. The van der Waals surface area contributed by atoms with Gasteiger partial charge in [0.15, 0.2) is 0 Å². The van der Waals surface area contributed by atoms with Crippen molar-refractivity contribution in [2.75, 3.05) is 0 Å². The van der Waals surface area contributed by atoms with Gasteiger partial charge < -0.3 is 9.97 Å². The average Bonchev–Trinajstić information content (AvgIpc) is 2.72. The lowest BCUT2D eigenvalue weighted by atomic mass is 10.1. The third-order valence-electron chi connectivity index (χ3n) is 3.15. The van der Waals surface area contributed by atoms with E-state index in [4.69, 9.17) is 0 Å². The minimum Gasteiger partial charge on any atom is -0.306 e. The van der Waals surface area contributed by atoms with Crippen LogP contribution >= 0.6 is 0 Å². The molecule has 0 saturated carbocycles. The minimum atomic E-state index is -0.190. The second kappa shape index (κ2) is 3.20. The van der Waals surface area contributed by atoms with Gasteiger partial charge in [-0.1, -0.05) is 18.2 Å². The van der Waals surface area contributed by atoms with Gasteiger partial charge in [-0.2, -0.15) is 0 Å². The van der Waals surface area contributed by atoms with Crippen molar-refractivity contribution in [2.45, 2.75) is 0 Å². The number of nitrogens with zero attached hydrogens (tertiary/aromatic N) is 1. The summed E-state index contributed by atoms with van der Waals surface area (Å²) in [4.78, 5) is 21.4. The number of hydrogen-bond acceptors (Lipinski definition) is 2. The van der Waals surface area contributed by atoms with E-state index in [1.165, 1.54) is 0 Å². The number of aromatic amines is 2. The predicted octanol–water partition coefficient (Wildman–Crippen LogP) is 2.56. The summed E-state index contributed by atoms with van der Waals surface area (Å²) in [5, 5.41) is 2.12. The van der Waals surface area contributed by atoms with Crippen LogP contribution in [0.3, 0.4) is 0 Å². The summed E-state index contributed by atoms with van der Waals surface area (Å²) >= 11 is 0. The lowest BCUT2D eigenvalue weighted by Gasteiger charge is -2.01. The van der Waals surface area contributed by atoms with Gasteiger partial charge in [0.1, 0.15) is 0 Å². The van der Waals surface area contributed by atoms with E-state index < -0.39 is 0 Å². The third kappa shape index (κ3) is 1.26. The molecule has 0 spiro atoms. The molecule has 18 heavy (non-hydrogen) atoms. The molecule has 4 aromatic rings. The molecule has 4 heteroatoms. The molecule has 0 fully saturated rings. The minimum absolute atomic E-state index is 0.190. The van der Waals surface area contributed by atoms with Gasteiger partial charge in [0.25, 0.3) is 0 Å². The number of H-pyrrole nitrogens is 2. The van der Waals surface area contributed by atoms with Crippen LogP contribution in [0.15, 0.2) is 47.3 Å². The molecule has 0 amide bonds. The highest BCUT2D eigenvalue weighted by atomic mass is 16.1. The number of nitrogens with one attached hydrogen (secondary N) is 2. The van der Waals surface area contributed by atoms with Crippen molar-refractivity contribution in [1.29, 1.82) is 0 Å². The average molecular weight is 235 g/mol. The molecule has 0 radical (unpaired) electrons. The van der Waals surface area contributed by atoms with Crippen LogP contribution in [0.2, 0.25) is 0 Å². The van der Waals surface area contributed by atoms with Crippen LogP contribution in [0, 0.1) is 0 Å². The molecule has 0 unspecified atom stereocenters. The van der Waals surface area contributed by atoms with Gasteiger partial charge in [0.05, 0.1) is 22.1 Å². The molecule has 2 aromatic heterocycles. The van der Waals surface area contributed by atoms with Crippen LogP contribution in [0.25, 0.3) is 32.8 Å². The molecule has 0 aliphatic rings. The second-order valence-corrected chi connectivity index (χ2v) is 4.35. The highest BCUT2D eigenvalue weighted by Gasteiger charge is 2.03. The number of hydrogen-bond donors (Lipinski definition) is 2. The van der Waals surface area contributed by atoms with E-state index in [0.29, 0.717) is 0 Å². The zero-order valence-electron chi connectivity index (χ0n) is 9.40. The Morgan fingerprint density at radius 3 is 2.50 bits per heavy atom. The largest absolute Gasteiger partial charge is 0.323 e. The summed E-state index contributed by atoms with van der Waals surface area (Å²) in [5.74, 6) is 0. The molecule has 0 aliphatic heterocycles. The van der Waals surface area contributed by atoms with Crippen molar-refractivity contribution in [3.8, 4) is 0 Å². The van der Waals surface area contributed by atoms with Crippen LogP contribution < -0.4 is 5.69 Å². The number of pyridine rings is 1. The van der Waals surface area contributed by atoms with Gasteiger partial charge in [-0.25, -0.2) is 9.78 Å². The Labute approximate surface area is 101 Å². The third-order valence-corrected chi connectivity index (χ3v) is 3.15. The number of aromatic nitrogens is 3. The molecular weight excluding hydrogens is 226 g/mol. The summed E-state index contributed by atoms with van der Waals surface area (Å²) in [6, 6.07) is 13.9. The molecule has 0 saturated heterocycles. The number of benzene rings is 2. The van der Waals surface area contributed by atoms with Crippen LogP contribution in [0.5, 0.6) is 0 Å². The van der Waals surface area contributed by atoms with E-state index >= 15 is 0 Å². The monoisotopic (exact) mass is 235 g/mol. The van der Waals surface area contributed by atoms with Crippen LogP contribution in [-0.2, 0) is 0 Å². The Morgan fingerprint density at radius 1 is 0.833 bits per heavy atom. The standard InChI is InChI=1S/C14H9N3O/c18-14-16-12-6-9-5-8-3-1-2-4-10(8)15-11(9)7-13(12)17-14/h1-7H,(H2,16,17,18). The molecular formula is C14H9N3O. The van der Waals surface area contributed by atoms with E-state index in [1.54, 1.807) is 0 Å². The van der Waals surface area contributed by atoms with E-state index in [9.17, 15) is 4.79 Å². The highest BCUT2D eigenvalue weighted by molar-refractivity contribution is 5.98. The van der Waals surface area contributed by atoms with E-state index in [0.717, 1.165) is 32.8 Å². The number of rotatable bonds is 0. The first-order valence-corrected chi connectivity index (χ1v) is 5.71. The van der Waals surface area contributed by atoms with E-state index in [2.05, 4.69) is 21.0 Å². The molecule has 4 nitrogen and oxygen atoms in total. The maximum Gasteiger partial charge on any atom is 0.323 e. The Morgan fingerprint density at radius 2 is 1.61 bits per heavy atom. The fourth-order valence-corrected chi connectivity index (χ4v) is 2.31. The zero-order valence-corrected chi connectivity index (χ0v) is 9.40. The van der Waals surface area contributed by atoms with Gasteiger partial charge in [0, 0.05) is 10.8 Å². The highest BCUT2D eigenvalue weighted by Crippen LogP contribution is 2.22. The Bertz CT molecular complexity index is 874. The van der Waals surface area contributed by atoms with Gasteiger partial charge in [0.2, 0.25) is 0 Å². The molecule has 0 atom stereocenters.